The van der Waals surface area contributed by atoms with E-state index in [1.807, 2.05) is 30.3 Å². The van der Waals surface area contributed by atoms with E-state index in [0.29, 0.717) is 12.8 Å². The van der Waals surface area contributed by atoms with Crippen LogP contribution in [0, 0.1) is 0 Å². The number of carboxylic acid groups (broad SMARTS) is 1. The average molecular weight is 286 g/mol. The molecule has 1 unspecified atom stereocenters. The molecule has 0 aliphatic carbocycles. The minimum Gasteiger partial charge on any atom is -0.479 e. The van der Waals surface area contributed by atoms with Crippen molar-refractivity contribution in [1.82, 2.24) is 0 Å². The number of carboxylic acids is 1. The van der Waals surface area contributed by atoms with E-state index in [-0.39, 0.29) is 5.75 Å². The molecule has 0 bridgehead atoms. The average Bonchev–Trinajstić information content (AvgIpc) is 2.38. The number of hydrogen-bond acceptors (Lipinski definition) is 5. The molecule has 0 aliphatic rings. The predicted molar refractivity (Wildman–Crippen MR) is 72.2 cm³/mol. The van der Waals surface area contributed by atoms with Crippen LogP contribution >= 0.6 is 0 Å². The zero-order chi connectivity index (χ0) is 14.5. The first-order valence-corrected chi connectivity index (χ1v) is 7.47. The van der Waals surface area contributed by atoms with E-state index in [2.05, 4.69) is 0 Å². The predicted octanol–water partition coefficient (Wildman–Crippen LogP) is -0.268. The van der Waals surface area contributed by atoms with E-state index in [0.717, 1.165) is 5.56 Å². The Kier molecular flexibility index (Phi) is 5.04. The first-order valence-electron chi connectivity index (χ1n) is 5.82. The van der Waals surface area contributed by atoms with Gasteiger partial charge >= 0.3 is 5.97 Å². The summed E-state index contributed by atoms with van der Waals surface area (Å²) < 4.78 is 23.9. The van der Waals surface area contributed by atoms with Crippen LogP contribution in [0.1, 0.15) is 12.0 Å². The zero-order valence-corrected chi connectivity index (χ0v) is 11.3. The van der Waals surface area contributed by atoms with Crippen LogP contribution in [0.4, 0.5) is 0 Å². The third kappa shape index (κ3) is 3.52. The maximum atomic E-state index is 11.9. The molecule has 1 rings (SSSR count). The lowest BCUT2D eigenvalue weighted by Gasteiger charge is -2.22. The highest BCUT2D eigenvalue weighted by Crippen LogP contribution is 2.14. The number of aryl methyl sites for hydroxylation is 1. The first kappa shape index (κ1) is 15.6. The van der Waals surface area contributed by atoms with E-state index in [1.54, 1.807) is 0 Å². The maximum Gasteiger partial charge on any atom is 0.340 e. The minimum absolute atomic E-state index is 0.304. The molecular weight excluding hydrogens is 268 g/mol. The highest BCUT2D eigenvalue weighted by Gasteiger charge is 2.45. The Morgan fingerprint density at radius 1 is 1.26 bits per heavy atom. The fraction of sp³-hybridized carbons (Fsp3) is 0.417. The fourth-order valence-electron chi connectivity index (χ4n) is 1.64. The molecule has 0 spiro atoms. The second-order valence-corrected chi connectivity index (χ2v) is 6.67. The summed E-state index contributed by atoms with van der Waals surface area (Å²) in [6.45, 7) is -0.643. The molecule has 5 N–H and O–H groups in total. The van der Waals surface area contributed by atoms with E-state index in [4.69, 9.17) is 16.6 Å². The van der Waals surface area contributed by atoms with Gasteiger partial charge in [0.15, 0.2) is 9.84 Å². The van der Waals surface area contributed by atoms with Gasteiger partial charge in [0.2, 0.25) is 4.87 Å². The van der Waals surface area contributed by atoms with Crippen molar-refractivity contribution in [3.63, 3.8) is 0 Å². The number of nitrogens with two attached hydrogens (primary N) is 2. The number of carbonyl (C=O) groups is 1. The number of rotatable bonds is 7. The number of sulfone groups is 1. The minimum atomic E-state index is -3.99. The van der Waals surface area contributed by atoms with Gasteiger partial charge in [-0.25, -0.2) is 13.2 Å². The second-order valence-electron chi connectivity index (χ2n) is 4.31. The van der Waals surface area contributed by atoms with Crippen molar-refractivity contribution < 1.29 is 18.3 Å². The summed E-state index contributed by atoms with van der Waals surface area (Å²) in [7, 11) is -3.99. The van der Waals surface area contributed by atoms with Crippen molar-refractivity contribution >= 4 is 15.8 Å². The number of hydrogen-bond donors (Lipinski definition) is 3. The van der Waals surface area contributed by atoms with Gasteiger partial charge in [0.25, 0.3) is 0 Å². The van der Waals surface area contributed by atoms with Crippen LogP contribution in [-0.2, 0) is 21.1 Å². The molecule has 106 valence electrons. The van der Waals surface area contributed by atoms with E-state index in [9.17, 15) is 13.2 Å². The molecule has 0 aromatic heterocycles. The molecule has 0 aliphatic heterocycles. The van der Waals surface area contributed by atoms with Gasteiger partial charge in [0, 0.05) is 6.54 Å². The first-order chi connectivity index (χ1) is 8.83. The van der Waals surface area contributed by atoms with E-state index >= 15 is 0 Å². The Morgan fingerprint density at radius 3 is 2.32 bits per heavy atom. The third-order valence-corrected chi connectivity index (χ3v) is 5.22. The molecule has 19 heavy (non-hydrogen) atoms. The van der Waals surface area contributed by atoms with Gasteiger partial charge in [-0.15, -0.1) is 0 Å². The number of aliphatic carboxylic acids is 1. The van der Waals surface area contributed by atoms with Crippen molar-refractivity contribution in [1.29, 1.82) is 0 Å². The standard InChI is InChI=1S/C12H18N2O4S/c13-9-12(14,11(15)16)19(17,18)8-4-7-10-5-2-1-3-6-10/h1-3,5-6H,4,7-9,13-14H2,(H,15,16). The molecule has 0 saturated carbocycles. The lowest BCUT2D eigenvalue weighted by molar-refractivity contribution is -0.139. The van der Waals surface area contributed by atoms with Gasteiger partial charge in [-0.3, -0.25) is 0 Å². The summed E-state index contributed by atoms with van der Waals surface area (Å²) in [5.41, 5.74) is 11.6. The van der Waals surface area contributed by atoms with Crippen LogP contribution in [0.3, 0.4) is 0 Å². The Balaban J connectivity index is 2.68. The SMILES string of the molecule is NCC(N)(C(=O)O)S(=O)(=O)CCCc1ccccc1. The summed E-state index contributed by atoms with van der Waals surface area (Å²) >= 11 is 0. The van der Waals surface area contributed by atoms with Crippen LogP contribution in [-0.4, -0.2) is 36.7 Å². The summed E-state index contributed by atoms with van der Waals surface area (Å²) in [5, 5.41) is 8.90. The van der Waals surface area contributed by atoms with Gasteiger partial charge in [-0.2, -0.15) is 0 Å². The van der Waals surface area contributed by atoms with Gasteiger partial charge < -0.3 is 16.6 Å². The summed E-state index contributed by atoms with van der Waals surface area (Å²) in [6, 6.07) is 9.33. The molecule has 0 radical (unpaired) electrons. The quantitative estimate of drug-likeness (QED) is 0.634. The Morgan fingerprint density at radius 2 is 1.84 bits per heavy atom. The molecule has 1 atom stereocenters. The molecule has 1 aromatic rings. The Bertz CT molecular complexity index is 530. The summed E-state index contributed by atoms with van der Waals surface area (Å²) in [4.78, 5) is 8.55. The van der Waals surface area contributed by atoms with Gasteiger partial charge in [-0.1, -0.05) is 30.3 Å². The molecule has 7 heteroatoms. The second kappa shape index (κ2) is 6.14. The van der Waals surface area contributed by atoms with Crippen molar-refractivity contribution in [3.8, 4) is 0 Å². The lowest BCUT2D eigenvalue weighted by atomic mass is 10.1. The van der Waals surface area contributed by atoms with Crippen molar-refractivity contribution in [2.45, 2.75) is 17.7 Å². The zero-order valence-electron chi connectivity index (χ0n) is 10.5. The topological polar surface area (TPSA) is 123 Å². The fourth-order valence-corrected chi connectivity index (χ4v) is 3.05. The van der Waals surface area contributed by atoms with Gasteiger partial charge in [0.05, 0.1) is 5.75 Å². The van der Waals surface area contributed by atoms with Crippen molar-refractivity contribution in [3.05, 3.63) is 35.9 Å². The highest BCUT2D eigenvalue weighted by atomic mass is 32.2. The molecule has 0 fully saturated rings. The van der Waals surface area contributed by atoms with Gasteiger partial charge in [-0.05, 0) is 18.4 Å². The van der Waals surface area contributed by atoms with E-state index in [1.165, 1.54) is 0 Å². The van der Waals surface area contributed by atoms with Crippen LogP contribution in [0.5, 0.6) is 0 Å². The molecule has 0 saturated heterocycles. The molecular formula is C12H18N2O4S. The smallest absolute Gasteiger partial charge is 0.340 e. The summed E-state index contributed by atoms with van der Waals surface area (Å²) in [5.74, 6) is -1.92. The van der Waals surface area contributed by atoms with Gasteiger partial charge in [0.1, 0.15) is 0 Å². The Labute approximate surface area is 112 Å². The highest BCUT2D eigenvalue weighted by molar-refractivity contribution is 7.93. The molecule has 0 heterocycles. The normalized spacial score (nSPS) is 14.8. The van der Waals surface area contributed by atoms with Crippen LogP contribution in [0.15, 0.2) is 30.3 Å². The Hall–Kier alpha value is -1.44. The monoisotopic (exact) mass is 286 g/mol. The summed E-state index contributed by atoms with van der Waals surface area (Å²) in [6.07, 6.45) is 0.846. The lowest BCUT2D eigenvalue weighted by Crippen LogP contribution is -2.60. The van der Waals surface area contributed by atoms with Crippen LogP contribution in [0.2, 0.25) is 0 Å². The van der Waals surface area contributed by atoms with Crippen LogP contribution < -0.4 is 11.5 Å². The van der Waals surface area contributed by atoms with E-state index < -0.39 is 27.2 Å². The van der Waals surface area contributed by atoms with Crippen molar-refractivity contribution in [2.75, 3.05) is 12.3 Å². The molecule has 1 aromatic carbocycles. The van der Waals surface area contributed by atoms with Crippen molar-refractivity contribution in [2.24, 2.45) is 11.5 Å². The maximum absolute atomic E-state index is 11.9. The molecule has 6 nitrogen and oxygen atoms in total. The largest absolute Gasteiger partial charge is 0.479 e. The number of benzene rings is 1. The third-order valence-electron chi connectivity index (χ3n) is 2.94. The van der Waals surface area contributed by atoms with Crippen LogP contribution in [0.25, 0.3) is 0 Å². The molecule has 0 amide bonds.